The van der Waals surface area contributed by atoms with Gasteiger partial charge in [0.15, 0.2) is 17.5 Å². The molecule has 1 aromatic heterocycles. The summed E-state index contributed by atoms with van der Waals surface area (Å²) in [7, 11) is 0. The van der Waals surface area contributed by atoms with Gasteiger partial charge >= 0.3 is 0 Å². The minimum absolute atomic E-state index is 0.137. The third kappa shape index (κ3) is 4.19. The lowest BCUT2D eigenvalue weighted by atomic mass is 9.90. The minimum Gasteiger partial charge on any atom is -0.298 e. The maximum atomic E-state index is 13.3. The quantitative estimate of drug-likeness (QED) is 0.846. The van der Waals surface area contributed by atoms with E-state index >= 15 is 0 Å². The molecule has 1 heterocycles. The molecule has 2 atom stereocenters. The summed E-state index contributed by atoms with van der Waals surface area (Å²) >= 11 is 0. The summed E-state index contributed by atoms with van der Waals surface area (Å²) in [5, 5.41) is 9.35. The molecule has 0 bridgehead atoms. The van der Waals surface area contributed by atoms with E-state index in [9.17, 15) is 14.4 Å². The maximum Gasteiger partial charge on any atom is 0.164 e. The van der Waals surface area contributed by atoms with Gasteiger partial charge in [0.05, 0.1) is 6.07 Å². The Morgan fingerprint density at radius 3 is 2.48 bits per heavy atom. The van der Waals surface area contributed by atoms with Crippen molar-refractivity contribution in [3.05, 3.63) is 58.9 Å². The fourth-order valence-corrected chi connectivity index (χ4v) is 2.51. The molecule has 0 fully saturated rings. The Balaban J connectivity index is 2.19. The van der Waals surface area contributed by atoms with Gasteiger partial charge in [-0.2, -0.15) is 5.26 Å². The van der Waals surface area contributed by atoms with Crippen molar-refractivity contribution in [2.24, 2.45) is 0 Å². The number of ketones is 1. The average Bonchev–Trinajstić information content (AvgIpc) is 2.46. The van der Waals surface area contributed by atoms with E-state index in [0.717, 1.165) is 17.0 Å². The molecular weight excluding hydrogens is 293 g/mol. The van der Waals surface area contributed by atoms with Gasteiger partial charge in [0.2, 0.25) is 0 Å². The number of Topliss-reactive ketones (excluding diaryl/α,β-unsaturated/α-hetero) is 1. The molecule has 0 saturated heterocycles. The number of carbonyl (C=O) groups is 1. The van der Waals surface area contributed by atoms with E-state index in [-0.39, 0.29) is 29.8 Å². The second-order valence-corrected chi connectivity index (χ2v) is 5.70. The van der Waals surface area contributed by atoms with Crippen LogP contribution in [0.15, 0.2) is 30.3 Å². The highest BCUT2D eigenvalue weighted by atomic mass is 19.1. The summed E-state index contributed by atoms with van der Waals surface area (Å²) in [5.74, 6) is -1.53. The number of hydrogen-bond donors (Lipinski definition) is 0. The molecule has 1 aromatic carbocycles. The van der Waals surface area contributed by atoms with E-state index in [1.807, 2.05) is 13.0 Å². The number of benzene rings is 1. The number of carbonyl (C=O) groups excluding carboxylic acids is 1. The van der Waals surface area contributed by atoms with Gasteiger partial charge in [-0.3, -0.25) is 4.79 Å². The topological polar surface area (TPSA) is 66.6 Å². The first kappa shape index (κ1) is 16.8. The predicted octanol–water partition coefficient (Wildman–Crippen LogP) is 3.60. The first-order valence-corrected chi connectivity index (χ1v) is 7.40. The van der Waals surface area contributed by atoms with Crippen LogP contribution in [0.4, 0.5) is 4.39 Å². The summed E-state index contributed by atoms with van der Waals surface area (Å²) in [6.07, 6.45) is 0.137. The molecule has 0 aliphatic heterocycles. The molecule has 0 aliphatic rings. The summed E-state index contributed by atoms with van der Waals surface area (Å²) in [4.78, 5) is 20.9. The molecule has 0 aliphatic carbocycles. The van der Waals surface area contributed by atoms with Crippen LogP contribution in [-0.2, 0) is 4.79 Å². The van der Waals surface area contributed by atoms with Crippen LogP contribution in [0, 0.1) is 31.0 Å². The van der Waals surface area contributed by atoms with Crippen LogP contribution in [-0.4, -0.2) is 15.8 Å². The minimum atomic E-state index is -0.996. The second-order valence-electron chi connectivity index (χ2n) is 5.70. The fraction of sp³-hybridized carbons (Fsp3) is 0.333. The first-order chi connectivity index (χ1) is 10.9. The van der Waals surface area contributed by atoms with Crippen LogP contribution >= 0.6 is 0 Å². The third-order valence-electron chi connectivity index (χ3n) is 3.63. The van der Waals surface area contributed by atoms with Crippen molar-refractivity contribution in [2.75, 3.05) is 0 Å². The van der Waals surface area contributed by atoms with Crippen LogP contribution in [0.1, 0.15) is 48.0 Å². The molecule has 4 nitrogen and oxygen atoms in total. The molecule has 2 rings (SSSR count). The van der Waals surface area contributed by atoms with Crippen LogP contribution in [0.3, 0.4) is 0 Å². The van der Waals surface area contributed by atoms with Crippen molar-refractivity contribution in [1.82, 2.24) is 9.97 Å². The molecule has 0 radical (unpaired) electrons. The molecule has 2 aromatic rings. The monoisotopic (exact) mass is 311 g/mol. The average molecular weight is 311 g/mol. The second kappa shape index (κ2) is 7.10. The van der Waals surface area contributed by atoms with Gasteiger partial charge < -0.3 is 0 Å². The van der Waals surface area contributed by atoms with Gasteiger partial charge in [0, 0.05) is 17.8 Å². The number of nitrogens with zero attached hydrogens (tertiary/aromatic N) is 3. The Morgan fingerprint density at radius 1 is 1.26 bits per heavy atom. The van der Waals surface area contributed by atoms with Crippen molar-refractivity contribution in [3.63, 3.8) is 0 Å². The Morgan fingerprint density at radius 2 is 1.91 bits per heavy atom. The zero-order valence-electron chi connectivity index (χ0n) is 13.4. The van der Waals surface area contributed by atoms with Gasteiger partial charge in [0.25, 0.3) is 0 Å². The number of hydrogen-bond acceptors (Lipinski definition) is 4. The lowest BCUT2D eigenvalue weighted by Gasteiger charge is -2.14. The fourth-order valence-electron chi connectivity index (χ4n) is 2.51. The van der Waals surface area contributed by atoms with E-state index in [1.165, 1.54) is 12.1 Å². The van der Waals surface area contributed by atoms with E-state index in [2.05, 4.69) is 9.97 Å². The summed E-state index contributed by atoms with van der Waals surface area (Å²) < 4.78 is 13.3. The third-order valence-corrected chi connectivity index (χ3v) is 3.63. The van der Waals surface area contributed by atoms with Crippen molar-refractivity contribution >= 4 is 5.78 Å². The Bertz CT molecular complexity index is 747. The molecule has 0 spiro atoms. The van der Waals surface area contributed by atoms with E-state index < -0.39 is 5.92 Å². The number of aromatic nitrogens is 2. The highest BCUT2D eigenvalue weighted by Crippen LogP contribution is 2.24. The van der Waals surface area contributed by atoms with Crippen LogP contribution in [0.2, 0.25) is 0 Å². The van der Waals surface area contributed by atoms with Gasteiger partial charge in [-0.25, -0.2) is 14.4 Å². The predicted molar refractivity (Wildman–Crippen MR) is 84.3 cm³/mol. The number of nitriles is 1. The van der Waals surface area contributed by atoms with Gasteiger partial charge in [-0.15, -0.1) is 0 Å². The number of halogens is 1. The zero-order chi connectivity index (χ0) is 17.0. The van der Waals surface area contributed by atoms with E-state index in [4.69, 9.17) is 0 Å². The highest BCUT2D eigenvalue weighted by molar-refractivity contribution is 5.88. The van der Waals surface area contributed by atoms with Crippen molar-refractivity contribution in [1.29, 1.82) is 5.26 Å². The summed E-state index contributed by atoms with van der Waals surface area (Å²) in [6.45, 7) is 5.43. The van der Waals surface area contributed by atoms with Crippen LogP contribution in [0.25, 0.3) is 0 Å². The SMILES string of the molecule is Cc1cc(C)nc([C@@H](C#N)C(=O)C[C@H](C)c2cccc(F)c2)n1. The van der Waals surface area contributed by atoms with Crippen molar-refractivity contribution in [3.8, 4) is 6.07 Å². The van der Waals surface area contributed by atoms with Gasteiger partial charge in [0.1, 0.15) is 5.82 Å². The summed E-state index contributed by atoms with van der Waals surface area (Å²) in [5.41, 5.74) is 2.17. The lowest BCUT2D eigenvalue weighted by molar-refractivity contribution is -0.119. The maximum absolute atomic E-state index is 13.3. The van der Waals surface area contributed by atoms with Gasteiger partial charge in [-0.1, -0.05) is 19.1 Å². The normalized spacial score (nSPS) is 13.2. The molecule has 0 saturated carbocycles. The molecule has 118 valence electrons. The number of aryl methyl sites for hydroxylation is 2. The first-order valence-electron chi connectivity index (χ1n) is 7.40. The number of rotatable bonds is 5. The van der Waals surface area contributed by atoms with Crippen molar-refractivity contribution < 1.29 is 9.18 Å². The Hall–Kier alpha value is -2.61. The van der Waals surface area contributed by atoms with Gasteiger partial charge in [-0.05, 0) is 43.5 Å². The standard InChI is InChI=1S/C18H18FN3O/c1-11(14-5-4-6-15(19)9-14)7-17(23)16(10-20)18-21-12(2)8-13(3)22-18/h4-6,8-9,11,16H,7H2,1-3H3/t11-,16-/m0/s1. The zero-order valence-corrected chi connectivity index (χ0v) is 13.4. The molecule has 5 heteroatoms. The van der Waals surface area contributed by atoms with Crippen molar-refractivity contribution in [2.45, 2.75) is 39.0 Å². The molecule has 23 heavy (non-hydrogen) atoms. The highest BCUT2D eigenvalue weighted by Gasteiger charge is 2.25. The molecule has 0 amide bonds. The van der Waals surface area contributed by atoms with E-state index in [0.29, 0.717) is 0 Å². The molecular formula is C18H18FN3O. The van der Waals surface area contributed by atoms with E-state index in [1.54, 1.807) is 32.0 Å². The molecule has 0 N–H and O–H groups in total. The summed E-state index contributed by atoms with van der Waals surface area (Å²) in [6, 6.07) is 9.94. The van der Waals surface area contributed by atoms with Crippen LogP contribution < -0.4 is 0 Å². The largest absolute Gasteiger partial charge is 0.298 e. The smallest absolute Gasteiger partial charge is 0.164 e. The molecule has 0 unspecified atom stereocenters. The van der Waals surface area contributed by atoms with Crippen LogP contribution in [0.5, 0.6) is 0 Å². The Labute approximate surface area is 135 Å². The lowest BCUT2D eigenvalue weighted by Crippen LogP contribution is -2.17. The Kier molecular flexibility index (Phi) is 5.17.